The number of aryl methyl sites for hydroxylation is 4. The molecule has 2 atom stereocenters. The molecule has 4 rings (SSSR count). The number of hydrogen-bond acceptors (Lipinski definition) is 0. The predicted octanol–water partition coefficient (Wildman–Crippen LogP) is -1.50. The Morgan fingerprint density at radius 2 is 1.24 bits per heavy atom. The number of allylic oxidation sites excluding steroid dienone is 4. The molecule has 0 fully saturated rings. The first-order valence-corrected chi connectivity index (χ1v) is 15.4. The quantitative estimate of drug-likeness (QED) is 0.284. The summed E-state index contributed by atoms with van der Waals surface area (Å²) in [5, 5.41) is 1.55. The zero-order valence-electron chi connectivity index (χ0n) is 23.7. The van der Waals surface area contributed by atoms with Crippen LogP contribution in [0.25, 0.3) is 5.57 Å². The van der Waals surface area contributed by atoms with Gasteiger partial charge in [0.2, 0.25) is 0 Å². The molecule has 0 saturated carbocycles. The van der Waals surface area contributed by atoms with E-state index in [9.17, 15) is 0 Å². The smallest absolute Gasteiger partial charge is 1.00 e. The van der Waals surface area contributed by atoms with E-state index in [0.29, 0.717) is 5.54 Å². The molecule has 38 heavy (non-hydrogen) atoms. The normalized spacial score (nSPS) is 17.8. The third-order valence-corrected chi connectivity index (χ3v) is 12.7. The van der Waals surface area contributed by atoms with Gasteiger partial charge in [-0.25, -0.2) is 0 Å². The van der Waals surface area contributed by atoms with Gasteiger partial charge < -0.3 is 37.2 Å². The second-order valence-electron chi connectivity index (χ2n) is 10.5. The molecule has 0 heterocycles. The van der Waals surface area contributed by atoms with Gasteiger partial charge in [0.05, 0.1) is 0 Å². The van der Waals surface area contributed by atoms with Gasteiger partial charge in [-0.05, 0) is 0 Å². The van der Waals surface area contributed by atoms with Crippen molar-refractivity contribution in [1.82, 2.24) is 0 Å². The molecular formula is C33H39Cl3SiTi. The Kier molecular flexibility index (Phi) is 13.4. The van der Waals surface area contributed by atoms with Crippen molar-refractivity contribution in [1.29, 1.82) is 0 Å². The summed E-state index contributed by atoms with van der Waals surface area (Å²) in [5.74, 6) is 0. The number of benzene rings is 3. The molecule has 0 bridgehead atoms. The molecule has 3 aromatic carbocycles. The van der Waals surface area contributed by atoms with Crippen molar-refractivity contribution in [2.45, 2.75) is 70.6 Å². The van der Waals surface area contributed by atoms with Crippen molar-refractivity contribution in [2.24, 2.45) is 0 Å². The fourth-order valence-corrected chi connectivity index (χ4v) is 9.88. The summed E-state index contributed by atoms with van der Waals surface area (Å²) < 4.78 is -0.0200. The molecule has 0 aliphatic heterocycles. The van der Waals surface area contributed by atoms with E-state index in [0.717, 1.165) is 12.8 Å². The molecule has 0 nitrogen and oxygen atoms in total. The summed E-state index contributed by atoms with van der Waals surface area (Å²) in [4.78, 5) is 0. The van der Waals surface area contributed by atoms with Gasteiger partial charge in [0.25, 0.3) is 0 Å². The summed E-state index contributed by atoms with van der Waals surface area (Å²) in [6.45, 7) is 16.2. The Hall–Kier alpha value is -1.06. The number of halogens is 3. The molecule has 2 unspecified atom stereocenters. The van der Waals surface area contributed by atoms with E-state index < -0.39 is 9.52 Å². The van der Waals surface area contributed by atoms with E-state index in [1.807, 2.05) is 0 Å². The molecule has 0 radical (unpaired) electrons. The Bertz CT molecular complexity index is 1270. The molecular weight excluding hydrogens is 579 g/mol. The average molecular weight is 618 g/mol. The summed E-state index contributed by atoms with van der Waals surface area (Å²) in [6.07, 6.45) is 2.16. The van der Waals surface area contributed by atoms with Crippen molar-refractivity contribution in [3.05, 3.63) is 117 Å². The van der Waals surface area contributed by atoms with E-state index in [2.05, 4.69) is 136 Å². The zero-order chi connectivity index (χ0) is 25.3. The molecule has 1 aliphatic carbocycles. The third-order valence-electron chi connectivity index (χ3n) is 8.10. The minimum atomic E-state index is -0.626. The van der Waals surface area contributed by atoms with Crippen LogP contribution < -0.4 is 42.4 Å². The van der Waals surface area contributed by atoms with Crippen LogP contribution in [-0.4, -0.2) is 9.52 Å². The third kappa shape index (κ3) is 6.80. The van der Waals surface area contributed by atoms with Crippen molar-refractivity contribution < 1.29 is 57.7 Å². The maximum atomic E-state index is 2.56. The zero-order valence-corrected chi connectivity index (χ0v) is 28.9. The van der Waals surface area contributed by atoms with Crippen LogP contribution in [0.4, 0.5) is 0 Å². The predicted molar refractivity (Wildman–Crippen MR) is 152 cm³/mol. The fraction of sp³-hybridized carbons (Fsp3) is 0.333. The van der Waals surface area contributed by atoms with Crippen LogP contribution in [0.15, 0.2) is 83.4 Å². The minimum Gasteiger partial charge on any atom is -1.00 e. The van der Waals surface area contributed by atoms with Gasteiger partial charge in [-0.3, -0.25) is 0 Å². The van der Waals surface area contributed by atoms with E-state index in [1.165, 1.54) is 44.5 Å². The average Bonchev–Trinajstić information content (AvgIpc) is 3.02. The second kappa shape index (κ2) is 14.5. The van der Waals surface area contributed by atoms with Gasteiger partial charge in [-0.2, -0.15) is 0 Å². The SMILES string of the molecule is CCc1cc(CC)cc(C2=C(C)C(C)=C(C)[C]2([Ti+3])C([SiH2]c2ccccc2)c2cc(C)cc(C)c2)c1.[Cl-].[Cl-].[Cl-]. The first-order chi connectivity index (χ1) is 16.7. The molecule has 0 aromatic heterocycles. The van der Waals surface area contributed by atoms with Gasteiger partial charge in [-0.1, -0.05) is 0 Å². The summed E-state index contributed by atoms with van der Waals surface area (Å²) >= 11 is 2.56. The second-order valence-corrected chi connectivity index (χ2v) is 13.7. The van der Waals surface area contributed by atoms with Gasteiger partial charge in [0.15, 0.2) is 0 Å². The van der Waals surface area contributed by atoms with E-state index >= 15 is 0 Å². The molecule has 0 saturated heterocycles. The molecule has 0 spiro atoms. The van der Waals surface area contributed by atoms with Gasteiger partial charge in [-0.15, -0.1) is 0 Å². The van der Waals surface area contributed by atoms with E-state index in [4.69, 9.17) is 0 Å². The molecule has 0 N–H and O–H groups in total. The molecule has 3 aromatic rings. The Morgan fingerprint density at radius 3 is 1.74 bits per heavy atom. The van der Waals surface area contributed by atoms with Crippen molar-refractivity contribution in [3.8, 4) is 0 Å². The molecule has 200 valence electrons. The molecule has 1 aliphatic rings. The van der Waals surface area contributed by atoms with Gasteiger partial charge in [0, 0.05) is 0 Å². The topological polar surface area (TPSA) is 0 Å². The van der Waals surface area contributed by atoms with Crippen molar-refractivity contribution in [2.75, 3.05) is 0 Å². The monoisotopic (exact) mass is 616 g/mol. The number of hydrogen-bond donors (Lipinski definition) is 0. The first-order valence-electron chi connectivity index (χ1n) is 13.1. The van der Waals surface area contributed by atoms with E-state index in [-0.39, 0.29) is 40.9 Å². The van der Waals surface area contributed by atoms with Crippen LogP contribution in [0.3, 0.4) is 0 Å². The van der Waals surface area contributed by atoms with Crippen LogP contribution in [-0.2, 0) is 33.3 Å². The van der Waals surface area contributed by atoms with Crippen LogP contribution in [0.2, 0.25) is 3.72 Å². The van der Waals surface area contributed by atoms with Gasteiger partial charge in [0.1, 0.15) is 0 Å². The van der Waals surface area contributed by atoms with Crippen molar-refractivity contribution in [3.63, 3.8) is 0 Å². The maximum absolute atomic E-state index is 2.56. The van der Waals surface area contributed by atoms with Crippen LogP contribution >= 0.6 is 0 Å². The Balaban J connectivity index is 0.00000241. The van der Waals surface area contributed by atoms with Crippen molar-refractivity contribution >= 4 is 20.3 Å². The maximum Gasteiger partial charge on any atom is -1.00 e. The van der Waals surface area contributed by atoms with Crippen LogP contribution in [0, 0.1) is 13.8 Å². The Labute approximate surface area is 263 Å². The first kappa shape index (κ1) is 35.0. The largest absolute Gasteiger partial charge is 1.00 e. The standard InChI is InChI=1S/C33H39Si.3ClH.Ti/c1-8-26-18-27(9-2)20-28(19-26)31-24(6)23(5)25(7)32(31)33(34-30-13-11-10-12-14-30)29-16-21(3)15-22(4)17-29;;;;/h10-20,33H,8-9,34H2,1-7H3;3*1H;/q;;;;+3/p-3. The summed E-state index contributed by atoms with van der Waals surface area (Å²) in [5.41, 5.74) is 15.2. The van der Waals surface area contributed by atoms with Crippen LogP contribution in [0.5, 0.6) is 0 Å². The Morgan fingerprint density at radius 1 is 0.711 bits per heavy atom. The van der Waals surface area contributed by atoms with Crippen LogP contribution in [0.1, 0.15) is 73.5 Å². The summed E-state index contributed by atoms with van der Waals surface area (Å²) in [7, 11) is -0.626. The van der Waals surface area contributed by atoms with Gasteiger partial charge >= 0.3 is 228 Å². The number of rotatable bonds is 7. The minimum absolute atomic E-state index is 0. The summed E-state index contributed by atoms with van der Waals surface area (Å²) in [6, 6.07) is 25.9. The van der Waals surface area contributed by atoms with E-state index in [1.54, 1.807) is 16.3 Å². The fourth-order valence-electron chi connectivity index (χ4n) is 6.02. The molecule has 5 heteroatoms. The molecule has 0 amide bonds.